The molecule has 0 heterocycles. The number of allylic oxidation sites excluding steroid dienone is 6. The van der Waals surface area contributed by atoms with Crippen LogP contribution in [0.2, 0.25) is 0 Å². The van der Waals surface area contributed by atoms with Crippen LogP contribution in [0.3, 0.4) is 0 Å². The second kappa shape index (κ2) is 6.95. The van der Waals surface area contributed by atoms with Gasteiger partial charge < -0.3 is 4.90 Å². The molecular formula is C19H23N. The van der Waals surface area contributed by atoms with Crippen molar-refractivity contribution in [1.29, 1.82) is 0 Å². The Balaban J connectivity index is 2.52. The average molecular weight is 265 g/mol. The Hall–Kier alpha value is -2.02. The molecule has 2 rings (SSSR count). The summed E-state index contributed by atoms with van der Waals surface area (Å²) in [7, 11) is 0. The number of aryl methyl sites for hydroxylation is 1. The van der Waals surface area contributed by atoms with Gasteiger partial charge in [0.25, 0.3) is 0 Å². The molecule has 0 saturated heterocycles. The van der Waals surface area contributed by atoms with E-state index in [0.717, 1.165) is 12.8 Å². The number of hydrogen-bond donors (Lipinski definition) is 0. The molecule has 0 amide bonds. The predicted octanol–water partition coefficient (Wildman–Crippen LogP) is 5.52. The van der Waals surface area contributed by atoms with Gasteiger partial charge in [-0.25, -0.2) is 0 Å². The molecule has 1 aliphatic rings. The highest BCUT2D eigenvalue weighted by atomic mass is 15.2. The van der Waals surface area contributed by atoms with Gasteiger partial charge in [0.05, 0.1) is 0 Å². The minimum atomic E-state index is 1.11. The van der Waals surface area contributed by atoms with Crippen LogP contribution >= 0.6 is 0 Å². The molecule has 1 aliphatic carbocycles. The van der Waals surface area contributed by atoms with E-state index >= 15 is 0 Å². The van der Waals surface area contributed by atoms with E-state index < -0.39 is 0 Å². The monoisotopic (exact) mass is 265 g/mol. The normalized spacial score (nSPS) is 15.6. The van der Waals surface area contributed by atoms with Gasteiger partial charge in [0.15, 0.2) is 0 Å². The molecule has 1 aromatic carbocycles. The molecule has 0 aliphatic heterocycles. The zero-order chi connectivity index (χ0) is 14.4. The second-order valence-corrected chi connectivity index (χ2v) is 4.94. The molecule has 0 aromatic heterocycles. The zero-order valence-corrected chi connectivity index (χ0v) is 12.6. The van der Waals surface area contributed by atoms with Crippen LogP contribution in [0.15, 0.2) is 72.1 Å². The van der Waals surface area contributed by atoms with Crippen molar-refractivity contribution in [2.75, 3.05) is 4.90 Å². The maximum Gasteiger partial charge on any atom is 0.0490 e. The standard InChI is InChI=1S/C19H23N/c1-4-11-17(5-2)20(18-13-7-6-8-14-18)19-15-10-9-12-16(19)3/h4-5,7,9-15H,6,8H2,1-3H3. The summed E-state index contributed by atoms with van der Waals surface area (Å²) in [5, 5.41) is 0. The summed E-state index contributed by atoms with van der Waals surface area (Å²) in [5.41, 5.74) is 5.00. The van der Waals surface area contributed by atoms with Gasteiger partial charge in [0.2, 0.25) is 0 Å². The van der Waals surface area contributed by atoms with Crippen molar-refractivity contribution in [3.05, 3.63) is 77.7 Å². The molecule has 0 radical (unpaired) electrons. The number of hydrogen-bond acceptors (Lipinski definition) is 1. The third-order valence-corrected chi connectivity index (χ3v) is 3.48. The van der Waals surface area contributed by atoms with Crippen molar-refractivity contribution in [3.8, 4) is 0 Å². The fourth-order valence-electron chi connectivity index (χ4n) is 2.48. The highest BCUT2D eigenvalue weighted by Gasteiger charge is 2.15. The highest BCUT2D eigenvalue weighted by molar-refractivity contribution is 5.66. The van der Waals surface area contributed by atoms with Crippen LogP contribution in [0.5, 0.6) is 0 Å². The van der Waals surface area contributed by atoms with Crippen molar-refractivity contribution >= 4 is 5.69 Å². The number of benzene rings is 1. The highest BCUT2D eigenvalue weighted by Crippen LogP contribution is 2.30. The first-order chi connectivity index (χ1) is 9.77. The van der Waals surface area contributed by atoms with Crippen molar-refractivity contribution in [2.45, 2.75) is 33.6 Å². The fraction of sp³-hybridized carbons (Fsp3) is 0.263. The van der Waals surface area contributed by atoms with Crippen molar-refractivity contribution < 1.29 is 0 Å². The first-order valence-electron chi connectivity index (χ1n) is 7.29. The van der Waals surface area contributed by atoms with Crippen molar-refractivity contribution in [1.82, 2.24) is 0 Å². The Bertz CT molecular complexity index is 569. The minimum absolute atomic E-state index is 1.11. The van der Waals surface area contributed by atoms with E-state index in [1.54, 1.807) is 0 Å². The minimum Gasteiger partial charge on any atom is -0.311 e. The number of rotatable bonds is 4. The molecule has 104 valence electrons. The van der Waals surface area contributed by atoms with E-state index in [-0.39, 0.29) is 0 Å². The van der Waals surface area contributed by atoms with Gasteiger partial charge in [-0.2, -0.15) is 0 Å². The SMILES string of the molecule is CC=CC(=CC)N(C1=CCCC=C1)c1ccccc1C. The quantitative estimate of drug-likeness (QED) is 0.648. The van der Waals surface area contributed by atoms with E-state index in [9.17, 15) is 0 Å². The van der Waals surface area contributed by atoms with Gasteiger partial charge in [-0.05, 0) is 57.4 Å². The van der Waals surface area contributed by atoms with E-state index in [1.807, 2.05) is 0 Å². The van der Waals surface area contributed by atoms with Gasteiger partial charge in [0.1, 0.15) is 0 Å². The summed E-state index contributed by atoms with van der Waals surface area (Å²) >= 11 is 0. The van der Waals surface area contributed by atoms with Crippen molar-refractivity contribution in [3.63, 3.8) is 0 Å². The molecule has 0 atom stereocenters. The lowest BCUT2D eigenvalue weighted by atomic mass is 10.1. The van der Waals surface area contributed by atoms with Crippen molar-refractivity contribution in [2.24, 2.45) is 0 Å². The molecule has 0 bridgehead atoms. The second-order valence-electron chi connectivity index (χ2n) is 4.94. The molecule has 20 heavy (non-hydrogen) atoms. The summed E-state index contributed by atoms with van der Waals surface area (Å²) in [6, 6.07) is 8.54. The summed E-state index contributed by atoms with van der Waals surface area (Å²) in [6.07, 6.45) is 15.5. The Morgan fingerprint density at radius 2 is 1.95 bits per heavy atom. The van der Waals surface area contributed by atoms with Gasteiger partial charge in [-0.15, -0.1) is 0 Å². The smallest absolute Gasteiger partial charge is 0.0490 e. The van der Waals surface area contributed by atoms with E-state index in [0.29, 0.717) is 0 Å². The lowest BCUT2D eigenvalue weighted by Gasteiger charge is -2.29. The van der Waals surface area contributed by atoms with E-state index in [1.165, 1.54) is 22.6 Å². The topological polar surface area (TPSA) is 3.24 Å². The molecule has 1 nitrogen and oxygen atoms in total. The molecule has 0 unspecified atom stereocenters. The maximum atomic E-state index is 2.34. The molecule has 1 aromatic rings. The molecule has 1 heteroatoms. The lowest BCUT2D eigenvalue weighted by Crippen LogP contribution is -2.21. The zero-order valence-electron chi connectivity index (χ0n) is 12.6. The van der Waals surface area contributed by atoms with Gasteiger partial charge in [-0.3, -0.25) is 0 Å². The predicted molar refractivity (Wildman–Crippen MR) is 88.7 cm³/mol. The summed E-state index contributed by atoms with van der Waals surface area (Å²) in [4.78, 5) is 2.34. The van der Waals surface area contributed by atoms with Crippen LogP contribution in [0, 0.1) is 6.92 Å². The van der Waals surface area contributed by atoms with Crippen LogP contribution in [0.25, 0.3) is 0 Å². The Labute approximate surface area is 122 Å². The largest absolute Gasteiger partial charge is 0.311 e. The third-order valence-electron chi connectivity index (χ3n) is 3.48. The van der Waals surface area contributed by atoms with Crippen LogP contribution in [-0.2, 0) is 0 Å². The van der Waals surface area contributed by atoms with Crippen LogP contribution < -0.4 is 4.90 Å². The van der Waals surface area contributed by atoms with Crippen LogP contribution in [0.1, 0.15) is 32.3 Å². The first kappa shape index (κ1) is 14.4. The summed E-state index contributed by atoms with van der Waals surface area (Å²) in [5.74, 6) is 0. The summed E-state index contributed by atoms with van der Waals surface area (Å²) in [6.45, 7) is 6.32. The fourth-order valence-corrected chi connectivity index (χ4v) is 2.48. The molecular weight excluding hydrogens is 242 g/mol. The van der Waals surface area contributed by atoms with Gasteiger partial charge >= 0.3 is 0 Å². The van der Waals surface area contributed by atoms with Gasteiger partial charge in [0, 0.05) is 17.1 Å². The molecule has 0 N–H and O–H groups in total. The lowest BCUT2D eigenvalue weighted by molar-refractivity contribution is 0.983. The Kier molecular flexibility index (Phi) is 5.00. The van der Waals surface area contributed by atoms with Gasteiger partial charge in [-0.1, -0.05) is 42.5 Å². The first-order valence-corrected chi connectivity index (χ1v) is 7.29. The summed E-state index contributed by atoms with van der Waals surface area (Å²) < 4.78 is 0. The van der Waals surface area contributed by atoms with E-state index in [4.69, 9.17) is 0 Å². The van der Waals surface area contributed by atoms with Crippen LogP contribution in [-0.4, -0.2) is 0 Å². The molecule has 0 saturated carbocycles. The maximum absolute atomic E-state index is 2.34. The molecule has 0 fully saturated rings. The number of para-hydroxylation sites is 1. The Morgan fingerprint density at radius 1 is 1.15 bits per heavy atom. The Morgan fingerprint density at radius 3 is 2.55 bits per heavy atom. The number of anilines is 1. The van der Waals surface area contributed by atoms with Crippen LogP contribution in [0.4, 0.5) is 5.69 Å². The van der Waals surface area contributed by atoms with E-state index in [2.05, 4.69) is 86.4 Å². The molecule has 0 spiro atoms. The third kappa shape index (κ3) is 3.11. The number of nitrogens with zero attached hydrogens (tertiary/aromatic N) is 1. The average Bonchev–Trinajstić information content (AvgIpc) is 2.49.